The molecule has 0 bridgehead atoms. The lowest BCUT2D eigenvalue weighted by molar-refractivity contribution is 0.163. The molecular weight excluding hydrogens is 291 g/mol. The number of nitrogens with one attached hydrogen (secondary N) is 1. The summed E-state index contributed by atoms with van der Waals surface area (Å²) in [5.41, 5.74) is 1.26. The van der Waals surface area contributed by atoms with E-state index in [0.29, 0.717) is 6.04 Å². The second-order valence-electron chi connectivity index (χ2n) is 5.50. The van der Waals surface area contributed by atoms with Crippen molar-refractivity contribution in [2.24, 2.45) is 0 Å². The maximum absolute atomic E-state index is 6.18. The lowest BCUT2D eigenvalue weighted by atomic mass is 9.98. The Morgan fingerprint density at radius 1 is 1.10 bits per heavy atom. The quantitative estimate of drug-likeness (QED) is 0.777. The van der Waals surface area contributed by atoms with Crippen LogP contribution in [0.1, 0.15) is 44.2 Å². The minimum atomic E-state index is 0.444. The van der Waals surface area contributed by atoms with E-state index in [0.717, 1.165) is 36.2 Å². The molecule has 0 aromatic heterocycles. The van der Waals surface area contributed by atoms with Gasteiger partial charge in [-0.15, -0.1) is 0 Å². The van der Waals surface area contributed by atoms with E-state index in [4.69, 9.17) is 23.2 Å². The SMILES string of the molecule is CCCCC[C@@H](c1cc(Cl)cc(Cl)c1)N1CCNCC1. The molecule has 1 aliphatic rings. The molecule has 0 unspecified atom stereocenters. The zero-order chi connectivity index (χ0) is 14.4. The molecule has 0 saturated carbocycles. The summed E-state index contributed by atoms with van der Waals surface area (Å²) in [5.74, 6) is 0. The van der Waals surface area contributed by atoms with Crippen LogP contribution in [0.15, 0.2) is 18.2 Å². The van der Waals surface area contributed by atoms with Crippen molar-refractivity contribution >= 4 is 23.2 Å². The number of nitrogens with zero attached hydrogens (tertiary/aromatic N) is 1. The smallest absolute Gasteiger partial charge is 0.0424 e. The van der Waals surface area contributed by atoms with Gasteiger partial charge >= 0.3 is 0 Å². The summed E-state index contributed by atoms with van der Waals surface area (Å²) in [6, 6.07) is 6.41. The molecule has 1 aliphatic heterocycles. The van der Waals surface area contributed by atoms with Gasteiger partial charge < -0.3 is 5.32 Å². The maximum atomic E-state index is 6.18. The molecule has 1 saturated heterocycles. The van der Waals surface area contributed by atoms with Crippen LogP contribution in [0, 0.1) is 0 Å². The first-order valence-electron chi connectivity index (χ1n) is 7.61. The van der Waals surface area contributed by atoms with E-state index in [9.17, 15) is 0 Å². The van der Waals surface area contributed by atoms with E-state index in [-0.39, 0.29) is 0 Å². The van der Waals surface area contributed by atoms with Crippen LogP contribution in [0.5, 0.6) is 0 Å². The Morgan fingerprint density at radius 2 is 1.75 bits per heavy atom. The van der Waals surface area contributed by atoms with Crippen LogP contribution in [0.3, 0.4) is 0 Å². The Labute approximate surface area is 132 Å². The van der Waals surface area contributed by atoms with Gasteiger partial charge in [-0.3, -0.25) is 4.90 Å². The van der Waals surface area contributed by atoms with Crippen LogP contribution >= 0.6 is 23.2 Å². The van der Waals surface area contributed by atoms with Crippen molar-refractivity contribution in [2.45, 2.75) is 38.6 Å². The molecule has 1 aromatic rings. The second-order valence-corrected chi connectivity index (χ2v) is 6.37. The van der Waals surface area contributed by atoms with Crippen molar-refractivity contribution in [1.82, 2.24) is 10.2 Å². The largest absolute Gasteiger partial charge is 0.314 e. The van der Waals surface area contributed by atoms with E-state index < -0.39 is 0 Å². The van der Waals surface area contributed by atoms with Crippen LogP contribution in [0.25, 0.3) is 0 Å². The van der Waals surface area contributed by atoms with Gasteiger partial charge in [-0.25, -0.2) is 0 Å². The van der Waals surface area contributed by atoms with Gasteiger partial charge in [0, 0.05) is 42.3 Å². The number of hydrogen-bond donors (Lipinski definition) is 1. The van der Waals surface area contributed by atoms with Gasteiger partial charge in [0.2, 0.25) is 0 Å². The molecule has 20 heavy (non-hydrogen) atoms. The normalized spacial score (nSPS) is 18.1. The Hall–Kier alpha value is -0.280. The number of halogens is 2. The first-order chi connectivity index (χ1) is 9.70. The maximum Gasteiger partial charge on any atom is 0.0424 e. The summed E-state index contributed by atoms with van der Waals surface area (Å²) in [6.07, 6.45) is 4.99. The van der Waals surface area contributed by atoms with Crippen LogP contribution < -0.4 is 5.32 Å². The molecule has 0 aliphatic carbocycles. The topological polar surface area (TPSA) is 15.3 Å². The highest BCUT2D eigenvalue weighted by Crippen LogP contribution is 2.31. The fourth-order valence-corrected chi connectivity index (χ4v) is 3.45. The molecule has 2 rings (SSSR count). The number of piperazine rings is 1. The molecule has 1 fully saturated rings. The minimum absolute atomic E-state index is 0.444. The number of rotatable bonds is 6. The average molecular weight is 315 g/mol. The monoisotopic (exact) mass is 314 g/mol. The van der Waals surface area contributed by atoms with Gasteiger partial charge in [-0.2, -0.15) is 0 Å². The van der Waals surface area contributed by atoms with Gasteiger partial charge in [0.15, 0.2) is 0 Å². The Morgan fingerprint density at radius 3 is 2.35 bits per heavy atom. The van der Waals surface area contributed by atoms with Gasteiger partial charge in [-0.05, 0) is 30.2 Å². The highest BCUT2D eigenvalue weighted by atomic mass is 35.5. The van der Waals surface area contributed by atoms with Crippen molar-refractivity contribution in [3.8, 4) is 0 Å². The third-order valence-electron chi connectivity index (χ3n) is 3.94. The van der Waals surface area contributed by atoms with Gasteiger partial charge in [-0.1, -0.05) is 49.4 Å². The van der Waals surface area contributed by atoms with Crippen molar-refractivity contribution in [3.05, 3.63) is 33.8 Å². The standard InChI is InChI=1S/C16H24Cl2N2/c1-2-3-4-5-16(20-8-6-19-7-9-20)13-10-14(17)12-15(18)11-13/h10-12,16,19H,2-9H2,1H3/t16-/m0/s1. The molecule has 1 aromatic carbocycles. The highest BCUT2D eigenvalue weighted by molar-refractivity contribution is 6.34. The highest BCUT2D eigenvalue weighted by Gasteiger charge is 2.22. The lowest BCUT2D eigenvalue weighted by Crippen LogP contribution is -2.45. The molecule has 1 N–H and O–H groups in total. The van der Waals surface area contributed by atoms with Crippen LogP contribution in [-0.2, 0) is 0 Å². The predicted molar refractivity (Wildman–Crippen MR) is 87.8 cm³/mol. The molecule has 0 spiro atoms. The zero-order valence-electron chi connectivity index (χ0n) is 12.2. The van der Waals surface area contributed by atoms with Crippen LogP contribution in [0.2, 0.25) is 10.0 Å². The molecular formula is C16H24Cl2N2. The molecule has 4 heteroatoms. The summed E-state index contributed by atoms with van der Waals surface area (Å²) >= 11 is 12.4. The van der Waals surface area contributed by atoms with E-state index in [1.165, 1.54) is 31.2 Å². The Bertz CT molecular complexity index is 397. The lowest BCUT2D eigenvalue weighted by Gasteiger charge is -2.35. The Kier molecular flexibility index (Phi) is 6.63. The van der Waals surface area contributed by atoms with E-state index in [1.54, 1.807) is 0 Å². The molecule has 1 atom stereocenters. The summed E-state index contributed by atoms with van der Waals surface area (Å²) in [7, 11) is 0. The molecule has 0 radical (unpaired) electrons. The summed E-state index contributed by atoms with van der Waals surface area (Å²) in [4.78, 5) is 2.56. The van der Waals surface area contributed by atoms with Crippen molar-refractivity contribution < 1.29 is 0 Å². The summed E-state index contributed by atoms with van der Waals surface area (Å²) in [6.45, 7) is 6.58. The summed E-state index contributed by atoms with van der Waals surface area (Å²) < 4.78 is 0. The van der Waals surface area contributed by atoms with Crippen molar-refractivity contribution in [2.75, 3.05) is 26.2 Å². The number of unbranched alkanes of at least 4 members (excludes halogenated alkanes) is 2. The number of hydrogen-bond acceptors (Lipinski definition) is 2. The third-order valence-corrected chi connectivity index (χ3v) is 4.38. The first kappa shape index (κ1) is 16.1. The summed E-state index contributed by atoms with van der Waals surface area (Å²) in [5, 5.41) is 4.90. The fraction of sp³-hybridized carbons (Fsp3) is 0.625. The van der Waals surface area contributed by atoms with Crippen molar-refractivity contribution in [1.29, 1.82) is 0 Å². The molecule has 0 amide bonds. The first-order valence-corrected chi connectivity index (χ1v) is 8.37. The van der Waals surface area contributed by atoms with Gasteiger partial charge in [0.05, 0.1) is 0 Å². The average Bonchev–Trinajstić information content (AvgIpc) is 2.43. The second kappa shape index (κ2) is 8.23. The zero-order valence-corrected chi connectivity index (χ0v) is 13.7. The fourth-order valence-electron chi connectivity index (χ4n) is 2.91. The predicted octanol–water partition coefficient (Wildman–Crippen LogP) is 4.52. The van der Waals surface area contributed by atoms with Crippen LogP contribution in [-0.4, -0.2) is 31.1 Å². The van der Waals surface area contributed by atoms with E-state index >= 15 is 0 Å². The van der Waals surface area contributed by atoms with Crippen LogP contribution in [0.4, 0.5) is 0 Å². The Balaban J connectivity index is 2.15. The van der Waals surface area contributed by atoms with Gasteiger partial charge in [0.25, 0.3) is 0 Å². The van der Waals surface area contributed by atoms with Crippen molar-refractivity contribution in [3.63, 3.8) is 0 Å². The third kappa shape index (κ3) is 4.63. The molecule has 1 heterocycles. The minimum Gasteiger partial charge on any atom is -0.314 e. The number of benzene rings is 1. The van der Waals surface area contributed by atoms with E-state index in [2.05, 4.69) is 29.3 Å². The van der Waals surface area contributed by atoms with E-state index in [1.807, 2.05) is 6.07 Å². The molecule has 112 valence electrons. The van der Waals surface area contributed by atoms with Gasteiger partial charge in [0.1, 0.15) is 0 Å². The molecule has 2 nitrogen and oxygen atoms in total.